The van der Waals surface area contributed by atoms with Crippen LogP contribution in [0.3, 0.4) is 0 Å². The molecule has 0 bridgehead atoms. The molecule has 2 heterocycles. The van der Waals surface area contributed by atoms with Gasteiger partial charge >= 0.3 is 6.03 Å². The van der Waals surface area contributed by atoms with Crippen molar-refractivity contribution in [2.75, 3.05) is 53.4 Å². The van der Waals surface area contributed by atoms with Gasteiger partial charge in [0.1, 0.15) is 12.3 Å². The number of likely N-dealkylation sites (tertiary alicyclic amines) is 1. The average molecular weight is 402 g/mol. The Morgan fingerprint density at radius 2 is 2.10 bits per heavy atom. The van der Waals surface area contributed by atoms with Gasteiger partial charge in [-0.05, 0) is 43.4 Å². The Morgan fingerprint density at radius 1 is 1.31 bits per heavy atom. The zero-order valence-corrected chi connectivity index (χ0v) is 17.2. The summed E-state index contributed by atoms with van der Waals surface area (Å²) in [5.74, 6) is 0.754. The summed E-state index contributed by atoms with van der Waals surface area (Å²) >= 11 is 0. The highest BCUT2D eigenvalue weighted by Crippen LogP contribution is 2.21. The van der Waals surface area contributed by atoms with Crippen molar-refractivity contribution < 1.29 is 19.1 Å². The van der Waals surface area contributed by atoms with Crippen LogP contribution in [0.5, 0.6) is 5.75 Å². The Labute approximate surface area is 171 Å². The number of carbonyl (C=O) groups is 3. The molecule has 8 nitrogen and oxygen atoms in total. The summed E-state index contributed by atoms with van der Waals surface area (Å²) in [4.78, 5) is 40.8. The second kappa shape index (κ2) is 9.73. The molecule has 0 aliphatic carbocycles. The Hall–Kier alpha value is -2.61. The van der Waals surface area contributed by atoms with Crippen LogP contribution in [0.15, 0.2) is 24.3 Å². The van der Waals surface area contributed by atoms with Gasteiger partial charge in [0, 0.05) is 26.7 Å². The Morgan fingerprint density at radius 3 is 2.83 bits per heavy atom. The number of nitrogens with one attached hydrogen (secondary N) is 1. The number of nitrogens with zero attached hydrogens (tertiary/aromatic N) is 3. The van der Waals surface area contributed by atoms with Crippen LogP contribution in [-0.2, 0) is 16.0 Å². The first kappa shape index (κ1) is 21.1. The van der Waals surface area contributed by atoms with E-state index in [1.807, 2.05) is 18.2 Å². The van der Waals surface area contributed by atoms with Gasteiger partial charge in [0.15, 0.2) is 0 Å². The highest BCUT2D eigenvalue weighted by Gasteiger charge is 2.31. The molecule has 0 saturated carbocycles. The number of rotatable bonds is 8. The molecule has 0 unspecified atom stereocenters. The molecule has 2 aliphatic rings. The minimum Gasteiger partial charge on any atom is -0.496 e. The third-order valence-corrected chi connectivity index (χ3v) is 5.68. The highest BCUT2D eigenvalue weighted by atomic mass is 16.5. The van der Waals surface area contributed by atoms with Crippen molar-refractivity contribution in [1.29, 1.82) is 0 Å². The Kier molecular flexibility index (Phi) is 7.09. The fourth-order valence-electron chi connectivity index (χ4n) is 4.05. The first-order chi connectivity index (χ1) is 14.0. The summed E-state index contributed by atoms with van der Waals surface area (Å²) in [6.45, 7) is 3.37. The van der Waals surface area contributed by atoms with E-state index in [9.17, 15) is 14.4 Å². The monoisotopic (exact) mass is 402 g/mol. The quantitative estimate of drug-likeness (QED) is 0.655. The smallest absolute Gasteiger partial charge is 0.325 e. The van der Waals surface area contributed by atoms with Crippen LogP contribution in [0.25, 0.3) is 0 Å². The summed E-state index contributed by atoms with van der Waals surface area (Å²) < 4.78 is 5.44. The zero-order valence-electron chi connectivity index (χ0n) is 17.2. The predicted molar refractivity (Wildman–Crippen MR) is 109 cm³/mol. The molecule has 1 N–H and O–H groups in total. The average Bonchev–Trinajstić information content (AvgIpc) is 3.04. The highest BCUT2D eigenvalue weighted by molar-refractivity contribution is 6.04. The van der Waals surface area contributed by atoms with E-state index < -0.39 is 6.03 Å². The van der Waals surface area contributed by atoms with Gasteiger partial charge in [0.2, 0.25) is 5.91 Å². The SMILES string of the molecule is COc1ccccc1CCN1CCC[C@@H](CN(C)C(=O)CN2C(=O)CNC2=O)C1. The minimum atomic E-state index is -0.489. The first-order valence-corrected chi connectivity index (χ1v) is 10.1. The van der Waals surface area contributed by atoms with Crippen LogP contribution in [0.4, 0.5) is 4.79 Å². The lowest BCUT2D eigenvalue weighted by Crippen LogP contribution is -2.45. The fraction of sp³-hybridized carbons (Fsp3) is 0.571. The van der Waals surface area contributed by atoms with Crippen molar-refractivity contribution in [3.8, 4) is 5.75 Å². The molecule has 4 amide bonds. The second-order valence-corrected chi connectivity index (χ2v) is 7.78. The summed E-state index contributed by atoms with van der Waals surface area (Å²) in [7, 11) is 3.44. The number of para-hydroxylation sites is 1. The Bertz CT molecular complexity index is 738. The normalized spacial score (nSPS) is 19.9. The summed E-state index contributed by atoms with van der Waals surface area (Å²) in [5, 5.41) is 2.44. The molecule has 29 heavy (non-hydrogen) atoms. The van der Waals surface area contributed by atoms with Gasteiger partial charge in [-0.2, -0.15) is 0 Å². The van der Waals surface area contributed by atoms with Crippen molar-refractivity contribution in [2.24, 2.45) is 5.92 Å². The number of carbonyl (C=O) groups excluding carboxylic acids is 3. The van der Waals surface area contributed by atoms with E-state index in [-0.39, 0.29) is 24.9 Å². The van der Waals surface area contributed by atoms with Gasteiger partial charge in [0.25, 0.3) is 5.91 Å². The standard InChI is InChI=1S/C21H30N4O4/c1-23(20(27)15-25-19(26)12-22-21(25)28)13-16-6-5-10-24(14-16)11-9-17-7-3-4-8-18(17)29-2/h3-4,7-8,16H,5-6,9-15H2,1-2H3,(H,22,28)/t16-/m0/s1. The maximum absolute atomic E-state index is 12.5. The predicted octanol–water partition coefficient (Wildman–Crippen LogP) is 0.960. The molecule has 3 rings (SSSR count). The molecule has 0 radical (unpaired) electrons. The topological polar surface area (TPSA) is 82.2 Å². The van der Waals surface area contributed by atoms with Gasteiger partial charge in [-0.15, -0.1) is 0 Å². The number of methoxy groups -OCH3 is 1. The first-order valence-electron chi connectivity index (χ1n) is 10.1. The van der Waals surface area contributed by atoms with Crippen LogP contribution < -0.4 is 10.1 Å². The number of ether oxygens (including phenoxy) is 1. The van der Waals surface area contributed by atoms with E-state index in [1.54, 1.807) is 19.1 Å². The molecule has 1 atom stereocenters. The summed E-state index contributed by atoms with van der Waals surface area (Å²) in [5.41, 5.74) is 1.21. The third-order valence-electron chi connectivity index (χ3n) is 5.68. The molecule has 2 aliphatic heterocycles. The number of amides is 4. The summed E-state index contributed by atoms with van der Waals surface area (Å²) in [6, 6.07) is 7.61. The van der Waals surface area contributed by atoms with Crippen LogP contribution in [-0.4, -0.2) is 86.0 Å². The maximum Gasteiger partial charge on any atom is 0.325 e. The van der Waals surface area contributed by atoms with Crippen molar-refractivity contribution in [3.63, 3.8) is 0 Å². The lowest BCUT2D eigenvalue weighted by Gasteiger charge is -2.35. The third kappa shape index (κ3) is 5.47. The fourth-order valence-corrected chi connectivity index (χ4v) is 4.05. The molecular weight excluding hydrogens is 372 g/mol. The van der Waals surface area contributed by atoms with E-state index in [2.05, 4.69) is 16.3 Å². The number of piperidine rings is 1. The number of benzene rings is 1. The Balaban J connectivity index is 1.47. The van der Waals surface area contributed by atoms with Gasteiger partial charge in [-0.25, -0.2) is 4.79 Å². The molecule has 1 aromatic rings. The van der Waals surface area contributed by atoms with Gasteiger partial charge in [-0.1, -0.05) is 18.2 Å². The number of hydrogen-bond donors (Lipinski definition) is 1. The minimum absolute atomic E-state index is 0.0282. The molecule has 0 spiro atoms. The molecule has 1 aromatic carbocycles. The van der Waals surface area contributed by atoms with Gasteiger partial charge in [0.05, 0.1) is 13.7 Å². The van der Waals surface area contributed by atoms with E-state index in [4.69, 9.17) is 4.74 Å². The van der Waals surface area contributed by atoms with Crippen molar-refractivity contribution >= 4 is 17.8 Å². The van der Waals surface area contributed by atoms with Crippen molar-refractivity contribution in [2.45, 2.75) is 19.3 Å². The molecule has 8 heteroatoms. The van der Waals surface area contributed by atoms with Crippen molar-refractivity contribution in [3.05, 3.63) is 29.8 Å². The second-order valence-electron chi connectivity index (χ2n) is 7.78. The van der Waals surface area contributed by atoms with E-state index in [1.165, 1.54) is 5.56 Å². The number of imide groups is 1. The molecule has 2 fully saturated rings. The number of urea groups is 1. The number of hydrogen-bond acceptors (Lipinski definition) is 5. The van der Waals surface area contributed by atoms with Crippen molar-refractivity contribution in [1.82, 2.24) is 20.0 Å². The molecule has 0 aromatic heterocycles. The molecule has 2 saturated heterocycles. The molecule has 158 valence electrons. The lowest BCUT2D eigenvalue weighted by molar-refractivity contribution is -0.136. The number of likely N-dealkylation sites (N-methyl/N-ethyl adjacent to an activating group) is 1. The summed E-state index contributed by atoms with van der Waals surface area (Å²) in [6.07, 6.45) is 3.11. The van der Waals surface area contributed by atoms with Crippen LogP contribution in [0.2, 0.25) is 0 Å². The lowest BCUT2D eigenvalue weighted by atomic mass is 9.97. The zero-order chi connectivity index (χ0) is 20.8. The van der Waals surface area contributed by atoms with E-state index >= 15 is 0 Å². The maximum atomic E-state index is 12.5. The van der Waals surface area contributed by atoms with Gasteiger partial charge in [-0.3, -0.25) is 14.5 Å². The van der Waals surface area contributed by atoms with Crippen LogP contribution in [0, 0.1) is 5.92 Å². The molecular formula is C21H30N4O4. The largest absolute Gasteiger partial charge is 0.496 e. The van der Waals surface area contributed by atoms with E-state index in [0.29, 0.717) is 12.5 Å². The van der Waals surface area contributed by atoms with E-state index in [0.717, 1.165) is 49.5 Å². The van der Waals surface area contributed by atoms with Crippen LogP contribution >= 0.6 is 0 Å². The van der Waals surface area contributed by atoms with Crippen LogP contribution in [0.1, 0.15) is 18.4 Å². The van der Waals surface area contributed by atoms with Gasteiger partial charge < -0.3 is 19.9 Å².